The highest BCUT2D eigenvalue weighted by Crippen LogP contribution is 2.29. The number of carbonyl (C=O) groups is 1. The molecule has 0 saturated carbocycles. The summed E-state index contributed by atoms with van der Waals surface area (Å²) >= 11 is 4.92. The van der Waals surface area contributed by atoms with Crippen molar-refractivity contribution >= 4 is 45.1 Å². The third kappa shape index (κ3) is 6.10. The number of carbonyl (C=O) groups excluding carboxylic acids is 1. The summed E-state index contributed by atoms with van der Waals surface area (Å²) in [4.78, 5) is 23.4. The SMILES string of the molecule is Cc1cccc(CSc2nnc(C(C)NC(=O)Nc3ccccc3Br)n2-c2ccc([N+](=O)[O-])cc2)c1. The molecule has 1 aromatic heterocycles. The summed E-state index contributed by atoms with van der Waals surface area (Å²) in [7, 11) is 0. The summed E-state index contributed by atoms with van der Waals surface area (Å²) in [6.07, 6.45) is 0. The second kappa shape index (κ2) is 11.4. The summed E-state index contributed by atoms with van der Waals surface area (Å²) in [5, 5.41) is 26.2. The van der Waals surface area contributed by atoms with Gasteiger partial charge in [0.25, 0.3) is 5.69 Å². The van der Waals surface area contributed by atoms with E-state index in [0.717, 1.165) is 10.0 Å². The second-order valence-corrected chi connectivity index (χ2v) is 9.82. The Balaban J connectivity index is 1.60. The van der Waals surface area contributed by atoms with E-state index in [0.29, 0.717) is 28.1 Å². The minimum Gasteiger partial charge on any atom is -0.328 e. The average molecular weight is 567 g/mol. The number of para-hydroxylation sites is 1. The van der Waals surface area contributed by atoms with E-state index in [-0.39, 0.29) is 5.69 Å². The van der Waals surface area contributed by atoms with Crippen LogP contribution in [0.2, 0.25) is 0 Å². The number of aryl methyl sites for hydroxylation is 1. The first-order chi connectivity index (χ1) is 17.3. The summed E-state index contributed by atoms with van der Waals surface area (Å²) in [5.74, 6) is 1.16. The van der Waals surface area contributed by atoms with Gasteiger partial charge in [0, 0.05) is 28.0 Å². The maximum atomic E-state index is 12.7. The van der Waals surface area contributed by atoms with Gasteiger partial charge in [-0.15, -0.1) is 10.2 Å². The Morgan fingerprint density at radius 3 is 2.56 bits per heavy atom. The van der Waals surface area contributed by atoms with Crippen LogP contribution < -0.4 is 10.6 Å². The summed E-state index contributed by atoms with van der Waals surface area (Å²) in [6.45, 7) is 3.85. The molecule has 4 rings (SSSR count). The predicted octanol–water partition coefficient (Wildman–Crippen LogP) is 6.42. The molecule has 4 aromatic rings. The molecule has 2 amide bonds. The number of nitrogens with one attached hydrogen (secondary N) is 2. The van der Waals surface area contributed by atoms with Crippen molar-refractivity contribution in [3.8, 4) is 5.69 Å². The Labute approximate surface area is 220 Å². The van der Waals surface area contributed by atoms with Crippen LogP contribution in [0.15, 0.2) is 82.4 Å². The molecule has 0 saturated heterocycles. The summed E-state index contributed by atoms with van der Waals surface area (Å²) in [6, 6.07) is 20.8. The molecule has 9 nitrogen and oxygen atoms in total. The van der Waals surface area contributed by atoms with Crippen LogP contribution in [0.1, 0.15) is 29.9 Å². The molecule has 0 aliphatic carbocycles. The maximum Gasteiger partial charge on any atom is 0.319 e. The molecular weight excluding hydrogens is 544 g/mol. The first kappa shape index (κ1) is 25.4. The van der Waals surface area contributed by atoms with Gasteiger partial charge in [-0.2, -0.15) is 0 Å². The number of hydrogen-bond acceptors (Lipinski definition) is 6. The van der Waals surface area contributed by atoms with Crippen molar-refractivity contribution in [3.63, 3.8) is 0 Å². The average Bonchev–Trinajstić information content (AvgIpc) is 3.28. The van der Waals surface area contributed by atoms with E-state index in [2.05, 4.69) is 42.8 Å². The Morgan fingerprint density at radius 2 is 1.86 bits per heavy atom. The molecule has 0 bridgehead atoms. The lowest BCUT2D eigenvalue weighted by Crippen LogP contribution is -2.32. The van der Waals surface area contributed by atoms with Crippen LogP contribution in [-0.2, 0) is 5.75 Å². The first-order valence-electron chi connectivity index (χ1n) is 11.0. The summed E-state index contributed by atoms with van der Waals surface area (Å²) < 4.78 is 2.57. The molecule has 0 spiro atoms. The Bertz CT molecular complexity index is 1390. The quantitative estimate of drug-likeness (QED) is 0.144. The smallest absolute Gasteiger partial charge is 0.319 e. The third-order valence-corrected chi connectivity index (χ3v) is 6.98. The normalized spacial score (nSPS) is 11.6. The summed E-state index contributed by atoms with van der Waals surface area (Å²) in [5.41, 5.74) is 3.58. The minimum atomic E-state index is -0.511. The van der Waals surface area contributed by atoms with E-state index in [1.54, 1.807) is 25.1 Å². The van der Waals surface area contributed by atoms with Crippen LogP contribution in [0.5, 0.6) is 0 Å². The number of non-ortho nitro benzene ring substituents is 1. The maximum absolute atomic E-state index is 12.7. The molecule has 1 unspecified atom stereocenters. The van der Waals surface area contributed by atoms with Gasteiger partial charge in [0.1, 0.15) is 0 Å². The van der Waals surface area contributed by atoms with Gasteiger partial charge in [-0.05, 0) is 59.6 Å². The fourth-order valence-corrected chi connectivity index (χ4v) is 4.84. The Hall–Kier alpha value is -3.70. The van der Waals surface area contributed by atoms with Crippen LogP contribution in [0.4, 0.5) is 16.2 Å². The molecule has 36 heavy (non-hydrogen) atoms. The lowest BCUT2D eigenvalue weighted by atomic mass is 10.2. The number of thioether (sulfide) groups is 1. The molecule has 0 aliphatic heterocycles. The van der Waals surface area contributed by atoms with Crippen molar-refractivity contribution in [2.24, 2.45) is 0 Å². The van der Waals surface area contributed by atoms with Gasteiger partial charge in [-0.3, -0.25) is 14.7 Å². The number of nitro groups is 1. The number of benzene rings is 3. The van der Waals surface area contributed by atoms with E-state index in [1.807, 2.05) is 47.9 Å². The van der Waals surface area contributed by atoms with Crippen molar-refractivity contribution in [2.75, 3.05) is 5.32 Å². The van der Waals surface area contributed by atoms with E-state index >= 15 is 0 Å². The predicted molar refractivity (Wildman–Crippen MR) is 143 cm³/mol. The largest absolute Gasteiger partial charge is 0.328 e. The molecule has 11 heteroatoms. The molecule has 1 heterocycles. The zero-order valence-corrected chi connectivity index (χ0v) is 21.9. The zero-order chi connectivity index (χ0) is 25.7. The number of anilines is 1. The highest BCUT2D eigenvalue weighted by molar-refractivity contribution is 9.10. The minimum absolute atomic E-state index is 0.0127. The monoisotopic (exact) mass is 566 g/mol. The van der Waals surface area contributed by atoms with Crippen LogP contribution in [-0.4, -0.2) is 25.7 Å². The van der Waals surface area contributed by atoms with Crippen LogP contribution in [0.3, 0.4) is 0 Å². The molecule has 1 atom stereocenters. The van der Waals surface area contributed by atoms with Gasteiger partial charge in [0.2, 0.25) is 0 Å². The molecule has 0 radical (unpaired) electrons. The van der Waals surface area contributed by atoms with Gasteiger partial charge in [-0.1, -0.05) is 53.7 Å². The van der Waals surface area contributed by atoms with E-state index in [4.69, 9.17) is 0 Å². The molecular formula is C25H23BrN6O3S. The van der Waals surface area contributed by atoms with Gasteiger partial charge in [0.05, 0.1) is 16.7 Å². The van der Waals surface area contributed by atoms with Crippen molar-refractivity contribution in [2.45, 2.75) is 30.8 Å². The molecule has 184 valence electrons. The van der Waals surface area contributed by atoms with Gasteiger partial charge < -0.3 is 10.6 Å². The Kier molecular flexibility index (Phi) is 8.01. The van der Waals surface area contributed by atoms with Crippen molar-refractivity contribution in [3.05, 3.63) is 104 Å². The van der Waals surface area contributed by atoms with Crippen molar-refractivity contribution in [1.82, 2.24) is 20.1 Å². The topological polar surface area (TPSA) is 115 Å². The first-order valence-corrected chi connectivity index (χ1v) is 12.8. The highest BCUT2D eigenvalue weighted by Gasteiger charge is 2.22. The third-order valence-electron chi connectivity index (χ3n) is 5.28. The molecule has 3 aromatic carbocycles. The van der Waals surface area contributed by atoms with Crippen LogP contribution in [0, 0.1) is 17.0 Å². The van der Waals surface area contributed by atoms with Gasteiger partial charge in [0.15, 0.2) is 11.0 Å². The van der Waals surface area contributed by atoms with Crippen LogP contribution >= 0.6 is 27.7 Å². The van der Waals surface area contributed by atoms with Crippen LogP contribution in [0.25, 0.3) is 5.69 Å². The Morgan fingerprint density at radius 1 is 1.11 bits per heavy atom. The lowest BCUT2D eigenvalue weighted by Gasteiger charge is -2.17. The number of nitrogens with zero attached hydrogens (tertiary/aromatic N) is 4. The van der Waals surface area contributed by atoms with E-state index < -0.39 is 17.0 Å². The highest BCUT2D eigenvalue weighted by atomic mass is 79.9. The number of hydrogen-bond donors (Lipinski definition) is 2. The lowest BCUT2D eigenvalue weighted by molar-refractivity contribution is -0.384. The number of aromatic nitrogens is 3. The number of urea groups is 1. The number of amides is 2. The molecule has 2 N–H and O–H groups in total. The van der Waals surface area contributed by atoms with Gasteiger partial charge in [-0.25, -0.2) is 4.79 Å². The van der Waals surface area contributed by atoms with Crippen molar-refractivity contribution in [1.29, 1.82) is 0 Å². The van der Waals surface area contributed by atoms with Crippen molar-refractivity contribution < 1.29 is 9.72 Å². The zero-order valence-electron chi connectivity index (χ0n) is 19.5. The molecule has 0 fully saturated rings. The molecule has 0 aliphatic rings. The van der Waals surface area contributed by atoms with E-state index in [9.17, 15) is 14.9 Å². The van der Waals surface area contributed by atoms with Gasteiger partial charge >= 0.3 is 6.03 Å². The fraction of sp³-hybridized carbons (Fsp3) is 0.160. The number of rotatable bonds is 8. The second-order valence-electron chi connectivity index (χ2n) is 8.03. The fourth-order valence-electron chi connectivity index (χ4n) is 3.55. The number of halogens is 1. The number of nitro benzene ring substituents is 1. The standard InChI is InChI=1S/C25H23BrN6O3S/c1-16-6-5-7-18(14-16)15-36-25-30-29-23(31(25)19-10-12-20(13-11-19)32(34)35)17(2)27-24(33)28-22-9-4-3-8-21(22)26/h3-14,17H,15H2,1-2H3,(H2,27,28,33). The van der Waals surface area contributed by atoms with E-state index in [1.165, 1.54) is 29.5 Å².